The molecule has 5 heteroatoms. The van der Waals surface area contributed by atoms with Crippen LogP contribution in [0.15, 0.2) is 0 Å². The molecule has 4 nitrogen and oxygen atoms in total. The van der Waals surface area contributed by atoms with Crippen LogP contribution in [0.2, 0.25) is 0 Å². The topological polar surface area (TPSA) is 75.3 Å². The van der Waals surface area contributed by atoms with E-state index in [2.05, 4.69) is 5.32 Å². The Bertz CT molecular complexity index is 273. The number of aliphatic hydroxyl groups excluding tert-OH is 1. The molecule has 3 atom stereocenters. The first kappa shape index (κ1) is 14.8. The van der Waals surface area contributed by atoms with Crippen LogP contribution in [0, 0.1) is 0 Å². The predicted octanol–water partition coefficient (Wildman–Crippen LogP) is 0.875. The Morgan fingerprint density at radius 2 is 2.24 bits per heavy atom. The number of aliphatic hydroxyl groups is 1. The number of primary amides is 1. The van der Waals surface area contributed by atoms with Crippen molar-refractivity contribution in [2.75, 3.05) is 6.61 Å². The van der Waals surface area contributed by atoms with E-state index < -0.39 is 5.54 Å². The van der Waals surface area contributed by atoms with Gasteiger partial charge in [0, 0.05) is 16.5 Å². The maximum absolute atomic E-state index is 11.7. The highest BCUT2D eigenvalue weighted by Gasteiger charge is 2.44. The molecule has 1 aliphatic carbocycles. The molecule has 17 heavy (non-hydrogen) atoms. The first-order chi connectivity index (χ1) is 7.89. The lowest BCUT2D eigenvalue weighted by Crippen LogP contribution is -2.56. The van der Waals surface area contributed by atoms with E-state index in [9.17, 15) is 4.79 Å². The molecule has 0 aromatic heterocycles. The fourth-order valence-electron chi connectivity index (χ4n) is 2.47. The van der Waals surface area contributed by atoms with Gasteiger partial charge in [-0.25, -0.2) is 0 Å². The van der Waals surface area contributed by atoms with Crippen LogP contribution in [0.3, 0.4) is 0 Å². The normalized spacial score (nSPS) is 30.8. The quantitative estimate of drug-likeness (QED) is 0.662. The molecule has 100 valence electrons. The number of carbonyl (C=O) groups excluding carboxylic acids is 1. The fraction of sp³-hybridized carbons (Fsp3) is 0.917. The summed E-state index contributed by atoms with van der Waals surface area (Å²) in [5.41, 5.74) is 5.01. The maximum Gasteiger partial charge on any atom is 0.237 e. The zero-order chi connectivity index (χ0) is 13.1. The standard InChI is InChI=1S/C12H24N2O2S/c1-8(2)14-12(11(13)16)5-4-10(6-12)17-9(3)7-15/h8-10,14-15H,4-7H2,1-3H3,(H2,13,16). The van der Waals surface area contributed by atoms with Gasteiger partial charge in [0.15, 0.2) is 0 Å². The van der Waals surface area contributed by atoms with Gasteiger partial charge in [0.05, 0.1) is 12.1 Å². The van der Waals surface area contributed by atoms with Crippen molar-refractivity contribution in [3.8, 4) is 0 Å². The molecule has 0 aliphatic heterocycles. The molecular formula is C12H24N2O2S. The van der Waals surface area contributed by atoms with Gasteiger partial charge in [0.1, 0.15) is 0 Å². The maximum atomic E-state index is 11.7. The van der Waals surface area contributed by atoms with Crippen molar-refractivity contribution in [2.45, 2.75) is 62.1 Å². The van der Waals surface area contributed by atoms with Crippen LogP contribution >= 0.6 is 11.8 Å². The van der Waals surface area contributed by atoms with E-state index in [4.69, 9.17) is 10.8 Å². The van der Waals surface area contributed by atoms with Gasteiger partial charge in [-0.15, -0.1) is 0 Å². The highest BCUT2D eigenvalue weighted by Crippen LogP contribution is 2.38. The van der Waals surface area contributed by atoms with Crippen LogP contribution in [0.5, 0.6) is 0 Å². The Balaban J connectivity index is 2.62. The van der Waals surface area contributed by atoms with E-state index in [1.807, 2.05) is 20.8 Å². The smallest absolute Gasteiger partial charge is 0.237 e. The van der Waals surface area contributed by atoms with Crippen molar-refractivity contribution in [1.82, 2.24) is 5.32 Å². The van der Waals surface area contributed by atoms with Crippen LogP contribution < -0.4 is 11.1 Å². The predicted molar refractivity (Wildman–Crippen MR) is 72.0 cm³/mol. The van der Waals surface area contributed by atoms with Crippen LogP contribution in [0.25, 0.3) is 0 Å². The summed E-state index contributed by atoms with van der Waals surface area (Å²) in [6.07, 6.45) is 2.56. The third-order valence-electron chi connectivity index (χ3n) is 3.19. The van der Waals surface area contributed by atoms with Crippen LogP contribution in [-0.4, -0.2) is 39.7 Å². The highest BCUT2D eigenvalue weighted by atomic mass is 32.2. The van der Waals surface area contributed by atoms with Gasteiger partial charge in [-0.2, -0.15) is 11.8 Å². The van der Waals surface area contributed by atoms with E-state index in [0.717, 1.165) is 19.3 Å². The molecular weight excluding hydrogens is 236 g/mol. The lowest BCUT2D eigenvalue weighted by Gasteiger charge is -2.29. The average Bonchev–Trinajstić information content (AvgIpc) is 2.61. The summed E-state index contributed by atoms with van der Waals surface area (Å²) in [4.78, 5) is 11.7. The summed E-state index contributed by atoms with van der Waals surface area (Å²) in [6, 6.07) is 0.251. The Morgan fingerprint density at radius 3 is 2.71 bits per heavy atom. The van der Waals surface area contributed by atoms with Crippen LogP contribution in [0.4, 0.5) is 0 Å². The molecule has 0 aromatic carbocycles. The van der Waals surface area contributed by atoms with Crippen molar-refractivity contribution in [3.05, 3.63) is 0 Å². The van der Waals surface area contributed by atoms with Gasteiger partial charge >= 0.3 is 0 Å². The summed E-state index contributed by atoms with van der Waals surface area (Å²) >= 11 is 1.76. The van der Waals surface area contributed by atoms with Crippen LogP contribution in [-0.2, 0) is 4.79 Å². The lowest BCUT2D eigenvalue weighted by molar-refractivity contribution is -0.124. The summed E-state index contributed by atoms with van der Waals surface area (Å²) < 4.78 is 0. The SMILES string of the molecule is CC(C)NC1(C(N)=O)CCC(SC(C)CO)C1. The Labute approximate surface area is 108 Å². The minimum Gasteiger partial charge on any atom is -0.395 e. The molecule has 0 aromatic rings. The Hall–Kier alpha value is -0.260. The number of nitrogens with one attached hydrogen (secondary N) is 1. The second-order valence-electron chi connectivity index (χ2n) is 5.24. The number of nitrogens with two attached hydrogens (primary N) is 1. The molecule has 4 N–H and O–H groups in total. The molecule has 0 radical (unpaired) electrons. The summed E-state index contributed by atoms with van der Waals surface area (Å²) in [5, 5.41) is 13.0. The Kier molecular flexibility index (Phi) is 5.28. The van der Waals surface area contributed by atoms with E-state index in [0.29, 0.717) is 5.25 Å². The Morgan fingerprint density at radius 1 is 1.59 bits per heavy atom. The largest absolute Gasteiger partial charge is 0.395 e. The third-order valence-corrected chi connectivity index (χ3v) is 4.59. The zero-order valence-electron chi connectivity index (χ0n) is 10.9. The number of rotatable bonds is 6. The molecule has 1 aliphatic rings. The van der Waals surface area contributed by atoms with E-state index in [1.54, 1.807) is 11.8 Å². The zero-order valence-corrected chi connectivity index (χ0v) is 11.7. The van der Waals surface area contributed by atoms with E-state index in [-0.39, 0.29) is 23.8 Å². The minimum absolute atomic E-state index is 0.183. The minimum atomic E-state index is -0.541. The number of hydrogen-bond acceptors (Lipinski definition) is 4. The van der Waals surface area contributed by atoms with Crippen molar-refractivity contribution in [2.24, 2.45) is 5.73 Å². The van der Waals surface area contributed by atoms with Gasteiger partial charge < -0.3 is 16.2 Å². The second kappa shape index (κ2) is 6.07. The van der Waals surface area contributed by atoms with Crippen molar-refractivity contribution < 1.29 is 9.90 Å². The van der Waals surface area contributed by atoms with Gasteiger partial charge in [0.2, 0.25) is 5.91 Å². The molecule has 3 unspecified atom stereocenters. The monoisotopic (exact) mass is 260 g/mol. The molecule has 0 spiro atoms. The first-order valence-electron chi connectivity index (χ1n) is 6.23. The molecule has 0 saturated heterocycles. The van der Waals surface area contributed by atoms with Crippen molar-refractivity contribution >= 4 is 17.7 Å². The van der Waals surface area contributed by atoms with Gasteiger partial charge in [0.25, 0.3) is 0 Å². The number of hydrogen-bond donors (Lipinski definition) is 3. The number of thioether (sulfide) groups is 1. The molecule has 1 saturated carbocycles. The van der Waals surface area contributed by atoms with E-state index >= 15 is 0 Å². The van der Waals surface area contributed by atoms with Gasteiger partial charge in [-0.3, -0.25) is 4.79 Å². The number of carbonyl (C=O) groups is 1. The van der Waals surface area contributed by atoms with Crippen molar-refractivity contribution in [3.63, 3.8) is 0 Å². The average molecular weight is 260 g/mol. The summed E-state index contributed by atoms with van der Waals surface area (Å²) in [5.74, 6) is -0.244. The fourth-order valence-corrected chi connectivity index (χ4v) is 3.84. The summed E-state index contributed by atoms with van der Waals surface area (Å²) in [7, 11) is 0. The van der Waals surface area contributed by atoms with E-state index in [1.165, 1.54) is 0 Å². The molecule has 1 amide bonds. The molecule has 0 heterocycles. The molecule has 1 fully saturated rings. The lowest BCUT2D eigenvalue weighted by atomic mass is 9.96. The third kappa shape index (κ3) is 3.86. The molecule has 0 bridgehead atoms. The second-order valence-corrected chi connectivity index (χ2v) is 6.98. The highest BCUT2D eigenvalue weighted by molar-refractivity contribution is 8.00. The first-order valence-corrected chi connectivity index (χ1v) is 7.18. The van der Waals surface area contributed by atoms with Crippen LogP contribution in [0.1, 0.15) is 40.0 Å². The molecule has 1 rings (SSSR count). The van der Waals surface area contributed by atoms with Crippen molar-refractivity contribution in [1.29, 1.82) is 0 Å². The number of amides is 1. The van der Waals surface area contributed by atoms with Gasteiger partial charge in [-0.05, 0) is 33.1 Å². The summed E-state index contributed by atoms with van der Waals surface area (Å²) in [6.45, 7) is 6.25. The van der Waals surface area contributed by atoms with Gasteiger partial charge in [-0.1, -0.05) is 6.92 Å².